The zero-order chi connectivity index (χ0) is 20.1. The Morgan fingerprint density at radius 3 is 2.21 bits per heavy atom. The number of rotatable bonds is 5. The van der Waals surface area contributed by atoms with Gasteiger partial charge in [0.1, 0.15) is 0 Å². The molecule has 0 aliphatic carbocycles. The number of aromatic nitrogens is 1. The summed E-state index contributed by atoms with van der Waals surface area (Å²) in [6.45, 7) is 0.378. The summed E-state index contributed by atoms with van der Waals surface area (Å²) in [6, 6.07) is 29.3. The summed E-state index contributed by atoms with van der Waals surface area (Å²) in [4.78, 5) is 16.8. The molecule has 0 spiro atoms. The number of nitrogens with one attached hydrogen (secondary N) is 1. The minimum atomic E-state index is -0.158. The van der Waals surface area contributed by atoms with Gasteiger partial charge in [-0.2, -0.15) is 0 Å². The van der Waals surface area contributed by atoms with Crippen LogP contribution in [0.15, 0.2) is 97.2 Å². The Balaban J connectivity index is 1.54. The van der Waals surface area contributed by atoms with Crippen molar-refractivity contribution in [3.05, 3.63) is 113 Å². The summed E-state index contributed by atoms with van der Waals surface area (Å²) in [5, 5.41) is 3.51. The van der Waals surface area contributed by atoms with Crippen molar-refractivity contribution in [3.8, 4) is 22.3 Å². The predicted octanol–water partition coefficient (Wildman–Crippen LogP) is 6.00. The Hall–Kier alpha value is -3.43. The topological polar surface area (TPSA) is 42.0 Å². The summed E-state index contributed by atoms with van der Waals surface area (Å²) in [6.07, 6.45) is 1.71. The van der Waals surface area contributed by atoms with Gasteiger partial charge in [-0.25, -0.2) is 0 Å². The zero-order valence-electron chi connectivity index (χ0n) is 15.7. The molecule has 4 heteroatoms. The van der Waals surface area contributed by atoms with Crippen LogP contribution in [0.4, 0.5) is 0 Å². The molecular formula is C25H19ClN2O. The normalized spacial score (nSPS) is 10.5. The lowest BCUT2D eigenvalue weighted by Gasteiger charge is -2.10. The summed E-state index contributed by atoms with van der Waals surface area (Å²) in [5.74, 6) is -0.158. The van der Waals surface area contributed by atoms with Gasteiger partial charge in [-0.05, 0) is 47.0 Å². The highest BCUT2D eigenvalue weighted by Gasteiger charge is 2.11. The lowest BCUT2D eigenvalue weighted by Crippen LogP contribution is -2.23. The summed E-state index contributed by atoms with van der Waals surface area (Å²) >= 11 is 6.42. The predicted molar refractivity (Wildman–Crippen MR) is 118 cm³/mol. The Bertz CT molecular complexity index is 1110. The highest BCUT2D eigenvalue weighted by Crippen LogP contribution is 2.31. The average Bonchev–Trinajstić information content (AvgIpc) is 2.79. The zero-order valence-corrected chi connectivity index (χ0v) is 16.4. The van der Waals surface area contributed by atoms with E-state index in [1.165, 1.54) is 0 Å². The highest BCUT2D eigenvalue weighted by atomic mass is 35.5. The monoisotopic (exact) mass is 398 g/mol. The molecule has 3 nitrogen and oxygen atoms in total. The number of carbonyl (C=O) groups is 1. The van der Waals surface area contributed by atoms with Crippen molar-refractivity contribution in [2.75, 3.05) is 0 Å². The number of carbonyl (C=O) groups excluding carboxylic acids is 1. The molecule has 0 unspecified atom stereocenters. The van der Waals surface area contributed by atoms with E-state index in [2.05, 4.69) is 34.6 Å². The van der Waals surface area contributed by atoms with Gasteiger partial charge in [0.05, 0.1) is 12.2 Å². The molecule has 0 radical (unpaired) electrons. The van der Waals surface area contributed by atoms with Crippen molar-refractivity contribution in [2.24, 2.45) is 0 Å². The van der Waals surface area contributed by atoms with Gasteiger partial charge < -0.3 is 5.32 Å². The molecule has 29 heavy (non-hydrogen) atoms. The largest absolute Gasteiger partial charge is 0.346 e. The molecule has 4 aromatic rings. The SMILES string of the molecule is O=C(NCc1ccccn1)c1ccc(Cl)c(-c2ccc(-c3ccccc3)cc2)c1. The molecular weight excluding hydrogens is 380 g/mol. The standard InChI is InChI=1S/C25H19ClN2O/c26-24-14-13-21(25(29)28-17-22-8-4-5-15-27-22)16-23(24)20-11-9-19(10-12-20)18-6-2-1-3-7-18/h1-16H,17H2,(H,28,29). The average molecular weight is 399 g/mol. The van der Waals surface area contributed by atoms with Crippen LogP contribution < -0.4 is 5.32 Å². The molecule has 0 aliphatic rings. The maximum absolute atomic E-state index is 12.6. The fraction of sp³-hybridized carbons (Fsp3) is 0.0400. The minimum absolute atomic E-state index is 0.158. The van der Waals surface area contributed by atoms with Crippen LogP contribution in [0.25, 0.3) is 22.3 Å². The Morgan fingerprint density at radius 1 is 0.793 bits per heavy atom. The van der Waals surface area contributed by atoms with Gasteiger partial charge in [0.25, 0.3) is 5.91 Å². The van der Waals surface area contributed by atoms with Gasteiger partial charge in [0.2, 0.25) is 0 Å². The van der Waals surface area contributed by atoms with E-state index < -0.39 is 0 Å². The molecule has 142 valence electrons. The molecule has 1 amide bonds. The van der Waals surface area contributed by atoms with Crippen LogP contribution in [-0.2, 0) is 6.54 Å². The Labute approximate surface area is 175 Å². The van der Waals surface area contributed by atoms with E-state index >= 15 is 0 Å². The Kier molecular flexibility index (Phi) is 5.68. The van der Waals surface area contributed by atoms with Gasteiger partial charge in [0, 0.05) is 22.3 Å². The lowest BCUT2D eigenvalue weighted by atomic mass is 9.99. The van der Waals surface area contributed by atoms with Crippen LogP contribution in [0.5, 0.6) is 0 Å². The molecule has 0 fully saturated rings. The Morgan fingerprint density at radius 2 is 1.48 bits per heavy atom. The maximum Gasteiger partial charge on any atom is 0.251 e. The molecule has 0 bridgehead atoms. The van der Waals surface area contributed by atoms with E-state index in [-0.39, 0.29) is 5.91 Å². The molecule has 0 aliphatic heterocycles. The first-order valence-corrected chi connectivity index (χ1v) is 9.72. The van der Waals surface area contributed by atoms with Crippen LogP contribution in [0.3, 0.4) is 0 Å². The second-order valence-corrected chi connectivity index (χ2v) is 7.05. The van der Waals surface area contributed by atoms with E-state index in [0.29, 0.717) is 17.1 Å². The fourth-order valence-electron chi connectivity index (χ4n) is 3.14. The second-order valence-electron chi connectivity index (χ2n) is 6.64. The van der Waals surface area contributed by atoms with Gasteiger partial charge in [-0.3, -0.25) is 9.78 Å². The molecule has 1 aromatic heterocycles. The third-order valence-electron chi connectivity index (χ3n) is 4.69. The van der Waals surface area contributed by atoms with Gasteiger partial charge in [0.15, 0.2) is 0 Å². The van der Waals surface area contributed by atoms with Crippen LogP contribution >= 0.6 is 11.6 Å². The van der Waals surface area contributed by atoms with Crippen molar-refractivity contribution in [2.45, 2.75) is 6.54 Å². The van der Waals surface area contributed by atoms with Crippen LogP contribution in [-0.4, -0.2) is 10.9 Å². The third-order valence-corrected chi connectivity index (χ3v) is 5.02. The molecule has 0 saturated heterocycles. The fourth-order valence-corrected chi connectivity index (χ4v) is 3.36. The number of nitrogens with zero attached hydrogens (tertiary/aromatic N) is 1. The first-order valence-electron chi connectivity index (χ1n) is 9.34. The molecule has 1 heterocycles. The number of pyridine rings is 1. The lowest BCUT2D eigenvalue weighted by molar-refractivity contribution is 0.0950. The van der Waals surface area contributed by atoms with Crippen LogP contribution in [0.2, 0.25) is 5.02 Å². The van der Waals surface area contributed by atoms with Gasteiger partial charge >= 0.3 is 0 Å². The summed E-state index contributed by atoms with van der Waals surface area (Å²) in [5.41, 5.74) is 5.47. The number of halogens is 1. The highest BCUT2D eigenvalue weighted by molar-refractivity contribution is 6.33. The molecule has 4 rings (SSSR count). The second kappa shape index (κ2) is 8.72. The van der Waals surface area contributed by atoms with Gasteiger partial charge in [-0.15, -0.1) is 0 Å². The number of amides is 1. The van der Waals surface area contributed by atoms with E-state index in [1.54, 1.807) is 18.3 Å². The first-order chi connectivity index (χ1) is 14.2. The smallest absolute Gasteiger partial charge is 0.251 e. The third kappa shape index (κ3) is 4.53. The molecule has 1 N–H and O–H groups in total. The quantitative estimate of drug-likeness (QED) is 0.448. The van der Waals surface area contributed by atoms with Crippen molar-refractivity contribution in [3.63, 3.8) is 0 Å². The number of benzene rings is 3. The first kappa shape index (κ1) is 18.9. The van der Waals surface area contributed by atoms with Crippen molar-refractivity contribution in [1.29, 1.82) is 0 Å². The van der Waals surface area contributed by atoms with Crippen molar-refractivity contribution in [1.82, 2.24) is 10.3 Å². The summed E-state index contributed by atoms with van der Waals surface area (Å²) in [7, 11) is 0. The minimum Gasteiger partial charge on any atom is -0.346 e. The molecule has 3 aromatic carbocycles. The van der Waals surface area contributed by atoms with Gasteiger partial charge in [-0.1, -0.05) is 72.3 Å². The number of hydrogen-bond donors (Lipinski definition) is 1. The molecule has 0 saturated carbocycles. The van der Waals surface area contributed by atoms with Crippen molar-refractivity contribution < 1.29 is 4.79 Å². The van der Waals surface area contributed by atoms with Crippen LogP contribution in [0, 0.1) is 0 Å². The van der Waals surface area contributed by atoms with E-state index in [9.17, 15) is 4.79 Å². The van der Waals surface area contributed by atoms with E-state index in [4.69, 9.17) is 11.6 Å². The van der Waals surface area contributed by atoms with E-state index in [0.717, 1.165) is 27.9 Å². The number of hydrogen-bond acceptors (Lipinski definition) is 2. The maximum atomic E-state index is 12.6. The summed E-state index contributed by atoms with van der Waals surface area (Å²) < 4.78 is 0. The van der Waals surface area contributed by atoms with Crippen LogP contribution in [0.1, 0.15) is 16.1 Å². The molecule has 0 atom stereocenters. The van der Waals surface area contributed by atoms with Crippen molar-refractivity contribution >= 4 is 17.5 Å². The van der Waals surface area contributed by atoms with E-state index in [1.807, 2.05) is 54.6 Å².